The van der Waals surface area contributed by atoms with Crippen molar-refractivity contribution in [2.45, 2.75) is 19.4 Å². The molecule has 0 radical (unpaired) electrons. The van der Waals surface area contributed by atoms with Gasteiger partial charge in [-0.05, 0) is 54.5 Å². The number of hydrogen-bond donors (Lipinski definition) is 1. The lowest BCUT2D eigenvalue weighted by Crippen LogP contribution is -2.25. The predicted octanol–water partition coefficient (Wildman–Crippen LogP) is 2.94. The van der Waals surface area contributed by atoms with Crippen LogP contribution in [0.15, 0.2) is 18.2 Å². The van der Waals surface area contributed by atoms with E-state index in [1.54, 1.807) is 14.2 Å². The molecule has 1 aromatic rings. The van der Waals surface area contributed by atoms with Crippen LogP contribution in [0, 0.1) is 5.92 Å². The monoisotopic (exact) mass is 281 g/mol. The van der Waals surface area contributed by atoms with Gasteiger partial charge in [-0.1, -0.05) is 6.07 Å². The van der Waals surface area contributed by atoms with Crippen LogP contribution in [0.4, 0.5) is 0 Å². The lowest BCUT2D eigenvalue weighted by Gasteiger charge is -2.21. The molecule has 1 heterocycles. The van der Waals surface area contributed by atoms with E-state index in [0.29, 0.717) is 0 Å². The fraction of sp³-hybridized carbons (Fsp3) is 0.600. The predicted molar refractivity (Wildman–Crippen MR) is 81.3 cm³/mol. The molecule has 1 fully saturated rings. The Kier molecular flexibility index (Phi) is 5.86. The molecular weight excluding hydrogens is 258 g/mol. The van der Waals surface area contributed by atoms with E-state index in [1.807, 2.05) is 12.1 Å². The van der Waals surface area contributed by atoms with Crippen LogP contribution in [0.1, 0.15) is 18.4 Å². The van der Waals surface area contributed by atoms with E-state index in [9.17, 15) is 0 Å². The Morgan fingerprint density at radius 2 is 1.89 bits per heavy atom. The molecule has 0 spiro atoms. The van der Waals surface area contributed by atoms with Gasteiger partial charge in [0.25, 0.3) is 0 Å². The van der Waals surface area contributed by atoms with Crippen LogP contribution in [-0.2, 0) is 6.54 Å². The van der Waals surface area contributed by atoms with E-state index in [2.05, 4.69) is 23.1 Å². The molecule has 0 unspecified atom stereocenters. The van der Waals surface area contributed by atoms with Crippen molar-refractivity contribution in [1.82, 2.24) is 5.32 Å². The van der Waals surface area contributed by atoms with Crippen LogP contribution in [-0.4, -0.2) is 32.3 Å². The molecule has 2 rings (SSSR count). The maximum Gasteiger partial charge on any atom is 0.161 e. The average Bonchev–Trinajstić information content (AvgIpc) is 2.48. The summed E-state index contributed by atoms with van der Waals surface area (Å²) in [6, 6.07) is 6.10. The highest BCUT2D eigenvalue weighted by atomic mass is 32.2. The van der Waals surface area contributed by atoms with Crippen molar-refractivity contribution < 1.29 is 9.47 Å². The Morgan fingerprint density at radius 1 is 1.16 bits per heavy atom. The van der Waals surface area contributed by atoms with Gasteiger partial charge in [-0.2, -0.15) is 11.8 Å². The van der Waals surface area contributed by atoms with Crippen molar-refractivity contribution in [2.75, 3.05) is 32.3 Å². The van der Waals surface area contributed by atoms with Gasteiger partial charge in [0.2, 0.25) is 0 Å². The van der Waals surface area contributed by atoms with Crippen molar-refractivity contribution in [3.63, 3.8) is 0 Å². The highest BCUT2D eigenvalue weighted by Crippen LogP contribution is 2.27. The summed E-state index contributed by atoms with van der Waals surface area (Å²) in [6.07, 6.45) is 2.70. The zero-order valence-electron chi connectivity index (χ0n) is 11.8. The third kappa shape index (κ3) is 4.32. The van der Waals surface area contributed by atoms with Gasteiger partial charge in [0.15, 0.2) is 11.5 Å². The Morgan fingerprint density at radius 3 is 2.58 bits per heavy atom. The van der Waals surface area contributed by atoms with Gasteiger partial charge in [0, 0.05) is 6.54 Å². The highest BCUT2D eigenvalue weighted by molar-refractivity contribution is 7.99. The number of rotatable bonds is 6. The Hall–Kier alpha value is -0.870. The molecule has 3 nitrogen and oxygen atoms in total. The second-order valence-electron chi connectivity index (χ2n) is 4.88. The number of methoxy groups -OCH3 is 2. The quantitative estimate of drug-likeness (QED) is 0.868. The van der Waals surface area contributed by atoms with Gasteiger partial charge in [-0.15, -0.1) is 0 Å². The van der Waals surface area contributed by atoms with Crippen molar-refractivity contribution in [3.8, 4) is 11.5 Å². The Labute approximate surface area is 120 Å². The van der Waals surface area contributed by atoms with E-state index < -0.39 is 0 Å². The minimum absolute atomic E-state index is 0.788. The number of benzene rings is 1. The van der Waals surface area contributed by atoms with Crippen molar-refractivity contribution >= 4 is 11.8 Å². The van der Waals surface area contributed by atoms with E-state index >= 15 is 0 Å². The SMILES string of the molecule is COc1ccc(CNCC2CCSCC2)cc1OC. The molecule has 19 heavy (non-hydrogen) atoms. The summed E-state index contributed by atoms with van der Waals surface area (Å²) in [6.45, 7) is 2.01. The summed E-state index contributed by atoms with van der Waals surface area (Å²) in [5.74, 6) is 5.08. The molecule has 0 saturated carbocycles. The van der Waals surface area contributed by atoms with Crippen molar-refractivity contribution in [1.29, 1.82) is 0 Å². The molecule has 1 saturated heterocycles. The molecule has 0 atom stereocenters. The van der Waals surface area contributed by atoms with E-state index in [4.69, 9.17) is 9.47 Å². The van der Waals surface area contributed by atoms with E-state index in [1.165, 1.54) is 29.9 Å². The van der Waals surface area contributed by atoms with Gasteiger partial charge in [-0.3, -0.25) is 0 Å². The standard InChI is InChI=1S/C15H23NO2S/c1-17-14-4-3-13(9-15(14)18-2)11-16-10-12-5-7-19-8-6-12/h3-4,9,12,16H,5-8,10-11H2,1-2H3. The van der Waals surface area contributed by atoms with Gasteiger partial charge < -0.3 is 14.8 Å². The number of hydrogen-bond acceptors (Lipinski definition) is 4. The summed E-state index contributed by atoms with van der Waals surface area (Å²) in [7, 11) is 3.34. The first-order valence-corrected chi connectivity index (χ1v) is 7.98. The fourth-order valence-corrected chi connectivity index (χ4v) is 3.57. The first-order chi connectivity index (χ1) is 9.33. The molecule has 0 aromatic heterocycles. The maximum absolute atomic E-state index is 5.32. The third-order valence-corrected chi connectivity index (χ3v) is 4.60. The number of thioether (sulfide) groups is 1. The summed E-state index contributed by atoms with van der Waals surface area (Å²) in [5.41, 5.74) is 1.24. The first-order valence-electron chi connectivity index (χ1n) is 6.83. The fourth-order valence-electron chi connectivity index (χ4n) is 2.36. The highest BCUT2D eigenvalue weighted by Gasteiger charge is 2.13. The lowest BCUT2D eigenvalue weighted by atomic mass is 10.0. The molecule has 0 bridgehead atoms. The minimum Gasteiger partial charge on any atom is -0.493 e. The van der Waals surface area contributed by atoms with Gasteiger partial charge in [-0.25, -0.2) is 0 Å². The Bertz CT molecular complexity index is 392. The number of nitrogens with one attached hydrogen (secondary N) is 1. The summed E-state index contributed by atoms with van der Waals surface area (Å²) in [5, 5.41) is 3.55. The van der Waals surface area contributed by atoms with E-state index in [0.717, 1.165) is 30.5 Å². The zero-order chi connectivity index (χ0) is 13.5. The lowest BCUT2D eigenvalue weighted by molar-refractivity contribution is 0.354. The molecule has 1 aliphatic rings. The van der Waals surface area contributed by atoms with Gasteiger partial charge in [0.05, 0.1) is 14.2 Å². The molecule has 106 valence electrons. The topological polar surface area (TPSA) is 30.5 Å². The minimum atomic E-state index is 0.788. The molecule has 0 aliphatic carbocycles. The zero-order valence-corrected chi connectivity index (χ0v) is 12.6. The second kappa shape index (κ2) is 7.65. The second-order valence-corrected chi connectivity index (χ2v) is 6.10. The average molecular weight is 281 g/mol. The first kappa shape index (κ1) is 14.5. The van der Waals surface area contributed by atoms with Crippen LogP contribution in [0.3, 0.4) is 0 Å². The molecule has 1 aliphatic heterocycles. The van der Waals surface area contributed by atoms with Crippen LogP contribution < -0.4 is 14.8 Å². The molecule has 1 N–H and O–H groups in total. The largest absolute Gasteiger partial charge is 0.493 e. The third-order valence-electron chi connectivity index (χ3n) is 3.55. The van der Waals surface area contributed by atoms with Crippen LogP contribution in [0.5, 0.6) is 11.5 Å². The van der Waals surface area contributed by atoms with E-state index in [-0.39, 0.29) is 0 Å². The smallest absolute Gasteiger partial charge is 0.161 e. The summed E-state index contributed by atoms with van der Waals surface area (Å²) < 4.78 is 10.6. The summed E-state index contributed by atoms with van der Waals surface area (Å²) in [4.78, 5) is 0. The number of ether oxygens (including phenoxy) is 2. The van der Waals surface area contributed by atoms with Crippen LogP contribution in [0.2, 0.25) is 0 Å². The normalized spacial score (nSPS) is 16.3. The molecule has 0 amide bonds. The van der Waals surface area contributed by atoms with Crippen molar-refractivity contribution in [3.05, 3.63) is 23.8 Å². The summed E-state index contributed by atoms with van der Waals surface area (Å²) >= 11 is 2.08. The van der Waals surface area contributed by atoms with Crippen LogP contribution in [0.25, 0.3) is 0 Å². The maximum atomic E-state index is 5.32. The Balaban J connectivity index is 1.81. The molecular formula is C15H23NO2S. The molecule has 1 aromatic carbocycles. The van der Waals surface area contributed by atoms with Gasteiger partial charge in [0.1, 0.15) is 0 Å². The van der Waals surface area contributed by atoms with Gasteiger partial charge >= 0.3 is 0 Å². The van der Waals surface area contributed by atoms with Crippen LogP contribution >= 0.6 is 11.8 Å². The molecule has 4 heteroatoms. The van der Waals surface area contributed by atoms with Crippen molar-refractivity contribution in [2.24, 2.45) is 5.92 Å².